The minimum atomic E-state index is -1.17. The molecule has 0 radical (unpaired) electrons. The number of hydrogen-bond donors (Lipinski definition) is 3. The van der Waals surface area contributed by atoms with E-state index in [1.807, 2.05) is 0 Å². The van der Waals surface area contributed by atoms with Gasteiger partial charge in [-0.3, -0.25) is 0 Å². The van der Waals surface area contributed by atoms with Crippen LogP contribution >= 0.6 is 11.6 Å². The summed E-state index contributed by atoms with van der Waals surface area (Å²) in [5.41, 5.74) is 0. The molecule has 0 aliphatic heterocycles. The van der Waals surface area contributed by atoms with Gasteiger partial charge in [0.2, 0.25) is 0 Å². The molecule has 78 valence electrons. The molecule has 1 aromatic heterocycles. The van der Waals surface area contributed by atoms with Crippen LogP contribution in [0.1, 0.15) is 18.3 Å². The van der Waals surface area contributed by atoms with Gasteiger partial charge in [-0.15, -0.1) is 11.6 Å². The van der Waals surface area contributed by atoms with Crippen LogP contribution in [-0.2, 0) is 0 Å². The quantitative estimate of drug-likeness (QED) is 0.629. The van der Waals surface area contributed by atoms with E-state index in [9.17, 15) is 10.2 Å². The molecule has 2 unspecified atom stereocenters. The van der Waals surface area contributed by atoms with Crippen LogP contribution in [0, 0.1) is 0 Å². The molecule has 1 heterocycles. The van der Waals surface area contributed by atoms with Gasteiger partial charge in [-0.25, -0.2) is 9.97 Å². The van der Waals surface area contributed by atoms with Crippen LogP contribution in [0.25, 0.3) is 0 Å². The standard InChI is InChI=1S/C8H11ClN2O3/c9-2-1-6(13)7(14)8-10-3-5(12)4-11-8/h3-4,6-7,12-14H,1-2H2. The molecule has 0 aromatic carbocycles. The first kappa shape index (κ1) is 11.2. The smallest absolute Gasteiger partial charge is 0.159 e. The van der Waals surface area contributed by atoms with Crippen molar-refractivity contribution in [2.75, 3.05) is 5.88 Å². The maximum Gasteiger partial charge on any atom is 0.159 e. The van der Waals surface area contributed by atoms with Crippen LogP contribution < -0.4 is 0 Å². The Kier molecular flexibility index (Phi) is 4.06. The third kappa shape index (κ3) is 2.80. The van der Waals surface area contributed by atoms with Gasteiger partial charge in [-0.05, 0) is 6.42 Å². The highest BCUT2D eigenvalue weighted by molar-refractivity contribution is 6.17. The molecule has 0 amide bonds. The normalized spacial score (nSPS) is 15.1. The number of hydrogen-bond acceptors (Lipinski definition) is 5. The van der Waals surface area contributed by atoms with Crippen molar-refractivity contribution in [2.24, 2.45) is 0 Å². The van der Waals surface area contributed by atoms with Gasteiger partial charge in [0.15, 0.2) is 11.6 Å². The number of aromatic hydroxyl groups is 1. The van der Waals surface area contributed by atoms with Crippen molar-refractivity contribution in [3.8, 4) is 5.75 Å². The Labute approximate surface area is 86.0 Å². The summed E-state index contributed by atoms with van der Waals surface area (Å²) in [4.78, 5) is 7.33. The second-order valence-electron chi connectivity index (χ2n) is 2.79. The molecule has 0 bridgehead atoms. The number of aliphatic hydroxyl groups is 2. The Hall–Kier alpha value is -0.910. The molecule has 5 nitrogen and oxygen atoms in total. The van der Waals surface area contributed by atoms with Crippen molar-refractivity contribution < 1.29 is 15.3 Å². The van der Waals surface area contributed by atoms with Gasteiger partial charge < -0.3 is 15.3 Å². The number of nitrogens with zero attached hydrogens (tertiary/aromatic N) is 2. The summed E-state index contributed by atoms with van der Waals surface area (Å²) in [6.07, 6.45) is 0.400. The molecule has 14 heavy (non-hydrogen) atoms. The van der Waals surface area contributed by atoms with Crippen molar-refractivity contribution in [3.63, 3.8) is 0 Å². The van der Waals surface area contributed by atoms with E-state index in [-0.39, 0.29) is 23.9 Å². The van der Waals surface area contributed by atoms with Gasteiger partial charge in [0, 0.05) is 5.88 Å². The summed E-state index contributed by atoms with van der Waals surface area (Å²) < 4.78 is 0. The maximum absolute atomic E-state index is 9.50. The van der Waals surface area contributed by atoms with Gasteiger partial charge in [0.25, 0.3) is 0 Å². The highest BCUT2D eigenvalue weighted by Crippen LogP contribution is 2.16. The molecular formula is C8H11ClN2O3. The van der Waals surface area contributed by atoms with Crippen LogP contribution in [0.5, 0.6) is 5.75 Å². The second-order valence-corrected chi connectivity index (χ2v) is 3.17. The molecule has 0 saturated heterocycles. The highest BCUT2D eigenvalue weighted by atomic mass is 35.5. The molecule has 0 spiro atoms. The van der Waals surface area contributed by atoms with Gasteiger partial charge in [-0.2, -0.15) is 0 Å². The maximum atomic E-state index is 9.50. The molecule has 0 fully saturated rings. The Morgan fingerprint density at radius 3 is 2.36 bits per heavy atom. The second kappa shape index (κ2) is 5.09. The summed E-state index contributed by atoms with van der Waals surface area (Å²) in [6, 6.07) is 0. The Bertz CT molecular complexity index is 280. The van der Waals surface area contributed by atoms with E-state index in [4.69, 9.17) is 16.7 Å². The Morgan fingerprint density at radius 2 is 1.86 bits per heavy atom. The molecule has 0 aliphatic rings. The van der Waals surface area contributed by atoms with E-state index in [0.717, 1.165) is 12.4 Å². The molecule has 1 rings (SSSR count). The lowest BCUT2D eigenvalue weighted by Gasteiger charge is -2.14. The van der Waals surface area contributed by atoms with E-state index in [0.29, 0.717) is 0 Å². The lowest BCUT2D eigenvalue weighted by molar-refractivity contribution is 0.0116. The van der Waals surface area contributed by atoms with E-state index in [2.05, 4.69) is 9.97 Å². The fraction of sp³-hybridized carbons (Fsp3) is 0.500. The summed E-state index contributed by atoms with van der Waals surface area (Å²) in [7, 11) is 0. The zero-order valence-corrected chi connectivity index (χ0v) is 8.09. The van der Waals surface area contributed by atoms with Crippen molar-refractivity contribution >= 4 is 11.6 Å². The van der Waals surface area contributed by atoms with E-state index >= 15 is 0 Å². The number of halogens is 1. The van der Waals surface area contributed by atoms with Crippen LogP contribution in [0.2, 0.25) is 0 Å². The monoisotopic (exact) mass is 218 g/mol. The number of alkyl halides is 1. The SMILES string of the molecule is Oc1cnc(C(O)C(O)CCCl)nc1. The van der Waals surface area contributed by atoms with Crippen LogP contribution in [0.15, 0.2) is 12.4 Å². The van der Waals surface area contributed by atoms with Crippen LogP contribution in [-0.4, -0.2) is 37.3 Å². The average Bonchev–Trinajstić information content (AvgIpc) is 2.18. The summed E-state index contributed by atoms with van der Waals surface area (Å²) in [5.74, 6) is 0.226. The Balaban J connectivity index is 2.68. The fourth-order valence-corrected chi connectivity index (χ4v) is 1.15. The molecule has 0 aliphatic carbocycles. The molecule has 2 atom stereocenters. The molecular weight excluding hydrogens is 208 g/mol. The zero-order chi connectivity index (χ0) is 10.6. The molecule has 3 N–H and O–H groups in total. The first-order valence-electron chi connectivity index (χ1n) is 4.08. The first-order valence-corrected chi connectivity index (χ1v) is 4.61. The van der Waals surface area contributed by atoms with Crippen molar-refractivity contribution in [2.45, 2.75) is 18.6 Å². The lowest BCUT2D eigenvalue weighted by atomic mass is 10.1. The van der Waals surface area contributed by atoms with Crippen molar-refractivity contribution in [1.82, 2.24) is 9.97 Å². The minimum Gasteiger partial charge on any atom is -0.505 e. The average molecular weight is 219 g/mol. The number of aromatic nitrogens is 2. The van der Waals surface area contributed by atoms with Gasteiger partial charge in [0.1, 0.15) is 6.10 Å². The van der Waals surface area contributed by atoms with Gasteiger partial charge in [-0.1, -0.05) is 0 Å². The van der Waals surface area contributed by atoms with Gasteiger partial charge in [0.05, 0.1) is 18.5 Å². The predicted octanol–water partition coefficient (Wildman–Crippen LogP) is 0.205. The third-order valence-corrected chi connectivity index (χ3v) is 1.91. The fourth-order valence-electron chi connectivity index (χ4n) is 0.926. The predicted molar refractivity (Wildman–Crippen MR) is 50.0 cm³/mol. The largest absolute Gasteiger partial charge is 0.505 e. The Morgan fingerprint density at radius 1 is 1.29 bits per heavy atom. The number of rotatable bonds is 4. The molecule has 6 heteroatoms. The zero-order valence-electron chi connectivity index (χ0n) is 7.34. The number of aliphatic hydroxyl groups excluding tert-OH is 2. The van der Waals surface area contributed by atoms with Crippen molar-refractivity contribution in [1.29, 1.82) is 0 Å². The highest BCUT2D eigenvalue weighted by Gasteiger charge is 2.20. The van der Waals surface area contributed by atoms with Crippen LogP contribution in [0.4, 0.5) is 0 Å². The first-order chi connectivity index (χ1) is 6.65. The molecule has 1 aromatic rings. The van der Waals surface area contributed by atoms with Gasteiger partial charge >= 0.3 is 0 Å². The summed E-state index contributed by atoms with van der Waals surface area (Å²) in [5, 5.41) is 27.7. The summed E-state index contributed by atoms with van der Waals surface area (Å²) in [6.45, 7) is 0. The van der Waals surface area contributed by atoms with Crippen molar-refractivity contribution in [3.05, 3.63) is 18.2 Å². The lowest BCUT2D eigenvalue weighted by Crippen LogP contribution is -2.20. The van der Waals surface area contributed by atoms with E-state index in [1.165, 1.54) is 0 Å². The minimum absolute atomic E-state index is 0.0698. The van der Waals surface area contributed by atoms with E-state index in [1.54, 1.807) is 0 Å². The molecule has 0 saturated carbocycles. The summed E-state index contributed by atoms with van der Waals surface area (Å²) >= 11 is 5.40. The van der Waals surface area contributed by atoms with Crippen LogP contribution in [0.3, 0.4) is 0 Å². The third-order valence-electron chi connectivity index (χ3n) is 1.69. The topological polar surface area (TPSA) is 86.5 Å². The van der Waals surface area contributed by atoms with E-state index < -0.39 is 12.2 Å².